The van der Waals surface area contributed by atoms with Gasteiger partial charge in [0.15, 0.2) is 0 Å². The van der Waals surface area contributed by atoms with Crippen LogP contribution < -0.4 is 10.2 Å². The molecule has 4 nitrogen and oxygen atoms in total. The van der Waals surface area contributed by atoms with E-state index in [2.05, 4.69) is 34.0 Å². The van der Waals surface area contributed by atoms with Crippen LogP contribution in [0.3, 0.4) is 0 Å². The molecule has 0 aliphatic heterocycles. The zero-order valence-electron chi connectivity index (χ0n) is 12.8. The van der Waals surface area contributed by atoms with Crippen molar-refractivity contribution >= 4 is 40.7 Å². The van der Waals surface area contributed by atoms with Crippen molar-refractivity contribution in [1.29, 1.82) is 0 Å². The van der Waals surface area contributed by atoms with E-state index in [9.17, 15) is 0 Å². The van der Waals surface area contributed by atoms with Crippen molar-refractivity contribution in [3.63, 3.8) is 0 Å². The largest absolute Gasteiger partial charge is 0.356 e. The molecule has 2 aromatic rings. The molecular formula is C16H20Cl2N4. The predicted octanol–water partition coefficient (Wildman–Crippen LogP) is 5.15. The molecule has 1 heterocycles. The Bertz CT molecular complexity index is 593. The minimum absolute atomic E-state index is 0.490. The van der Waals surface area contributed by atoms with Crippen LogP contribution in [0.2, 0.25) is 10.0 Å². The van der Waals surface area contributed by atoms with Crippen LogP contribution >= 0.6 is 23.2 Å². The van der Waals surface area contributed by atoms with Crippen molar-refractivity contribution in [2.45, 2.75) is 26.7 Å². The number of aromatic nitrogens is 2. The second-order valence-electron chi connectivity index (χ2n) is 4.95. The standard InChI is InChI=1S/C16H20Cl2N4/c1-3-10-22(11-4-2)14-8-9-19-16(20-14)21-15-12(17)6-5-7-13(15)18/h5-9H,3-4,10-11H2,1-2H3,(H,19,20,21). The van der Waals surface area contributed by atoms with E-state index in [1.54, 1.807) is 24.4 Å². The summed E-state index contributed by atoms with van der Waals surface area (Å²) in [5.74, 6) is 1.40. The number of halogens is 2. The van der Waals surface area contributed by atoms with E-state index in [4.69, 9.17) is 23.2 Å². The average molecular weight is 339 g/mol. The molecule has 0 radical (unpaired) electrons. The number of nitrogens with zero attached hydrogens (tertiary/aromatic N) is 3. The van der Waals surface area contributed by atoms with Gasteiger partial charge in [0.1, 0.15) is 5.82 Å². The Morgan fingerprint density at radius 1 is 1.05 bits per heavy atom. The van der Waals surface area contributed by atoms with E-state index < -0.39 is 0 Å². The van der Waals surface area contributed by atoms with Gasteiger partial charge in [-0.1, -0.05) is 43.1 Å². The quantitative estimate of drug-likeness (QED) is 0.757. The molecule has 0 amide bonds. The number of benzene rings is 1. The normalized spacial score (nSPS) is 10.5. The van der Waals surface area contributed by atoms with Gasteiger partial charge in [-0.15, -0.1) is 0 Å². The smallest absolute Gasteiger partial charge is 0.229 e. The Balaban J connectivity index is 2.24. The Labute approximate surface area is 141 Å². The van der Waals surface area contributed by atoms with Crippen molar-refractivity contribution < 1.29 is 0 Å². The topological polar surface area (TPSA) is 41.1 Å². The lowest BCUT2D eigenvalue weighted by Crippen LogP contribution is -2.26. The van der Waals surface area contributed by atoms with Gasteiger partial charge < -0.3 is 10.2 Å². The number of rotatable bonds is 7. The monoisotopic (exact) mass is 338 g/mol. The maximum Gasteiger partial charge on any atom is 0.229 e. The van der Waals surface area contributed by atoms with Crippen molar-refractivity contribution in [2.24, 2.45) is 0 Å². The van der Waals surface area contributed by atoms with Crippen LogP contribution in [0.25, 0.3) is 0 Å². The van der Waals surface area contributed by atoms with Crippen LogP contribution in [0, 0.1) is 0 Å². The summed E-state index contributed by atoms with van der Waals surface area (Å²) in [7, 11) is 0. The molecular weight excluding hydrogens is 319 g/mol. The van der Waals surface area contributed by atoms with E-state index in [0.29, 0.717) is 21.7 Å². The van der Waals surface area contributed by atoms with Gasteiger partial charge in [0, 0.05) is 19.3 Å². The van der Waals surface area contributed by atoms with E-state index in [-0.39, 0.29) is 0 Å². The van der Waals surface area contributed by atoms with Gasteiger partial charge in [0.05, 0.1) is 15.7 Å². The van der Waals surface area contributed by atoms with Gasteiger partial charge in [-0.25, -0.2) is 4.98 Å². The third-order valence-electron chi connectivity index (χ3n) is 3.15. The summed E-state index contributed by atoms with van der Waals surface area (Å²) in [6.45, 7) is 6.26. The molecule has 22 heavy (non-hydrogen) atoms. The molecule has 118 valence electrons. The maximum atomic E-state index is 6.17. The van der Waals surface area contributed by atoms with E-state index in [1.807, 2.05) is 6.07 Å². The van der Waals surface area contributed by atoms with E-state index in [0.717, 1.165) is 31.7 Å². The third kappa shape index (κ3) is 4.24. The Morgan fingerprint density at radius 3 is 2.27 bits per heavy atom. The van der Waals surface area contributed by atoms with Gasteiger partial charge in [0.2, 0.25) is 5.95 Å². The number of anilines is 3. The van der Waals surface area contributed by atoms with Gasteiger partial charge in [-0.3, -0.25) is 0 Å². The van der Waals surface area contributed by atoms with Gasteiger partial charge in [0.25, 0.3) is 0 Å². The second-order valence-corrected chi connectivity index (χ2v) is 5.76. The molecule has 0 fully saturated rings. The van der Waals surface area contributed by atoms with Gasteiger partial charge in [-0.2, -0.15) is 4.98 Å². The number of hydrogen-bond donors (Lipinski definition) is 1. The first-order chi connectivity index (χ1) is 10.7. The van der Waals surface area contributed by atoms with Gasteiger partial charge in [-0.05, 0) is 31.0 Å². The Hall–Kier alpha value is -1.52. The zero-order chi connectivity index (χ0) is 15.9. The lowest BCUT2D eigenvalue weighted by atomic mass is 10.3. The fourth-order valence-corrected chi connectivity index (χ4v) is 2.69. The minimum atomic E-state index is 0.490. The van der Waals surface area contributed by atoms with Gasteiger partial charge >= 0.3 is 0 Å². The number of hydrogen-bond acceptors (Lipinski definition) is 4. The molecule has 1 aromatic carbocycles. The lowest BCUT2D eigenvalue weighted by Gasteiger charge is -2.22. The molecule has 2 rings (SSSR count). The summed E-state index contributed by atoms with van der Waals surface area (Å²) in [5.41, 5.74) is 0.625. The van der Waals surface area contributed by atoms with Crippen LogP contribution in [-0.4, -0.2) is 23.1 Å². The molecule has 0 saturated heterocycles. The summed E-state index contributed by atoms with van der Waals surface area (Å²) in [4.78, 5) is 11.1. The zero-order valence-corrected chi connectivity index (χ0v) is 14.3. The van der Waals surface area contributed by atoms with Crippen molar-refractivity contribution in [3.8, 4) is 0 Å². The maximum absolute atomic E-state index is 6.17. The van der Waals surface area contributed by atoms with E-state index in [1.165, 1.54) is 0 Å². The van der Waals surface area contributed by atoms with Crippen LogP contribution in [0.1, 0.15) is 26.7 Å². The molecule has 1 N–H and O–H groups in total. The van der Waals surface area contributed by atoms with Crippen molar-refractivity contribution in [3.05, 3.63) is 40.5 Å². The van der Waals surface area contributed by atoms with Crippen LogP contribution in [0.5, 0.6) is 0 Å². The molecule has 0 saturated carbocycles. The second kappa shape index (κ2) is 8.20. The number of para-hydroxylation sites is 1. The highest BCUT2D eigenvalue weighted by Crippen LogP contribution is 2.31. The average Bonchev–Trinajstić information content (AvgIpc) is 2.51. The van der Waals surface area contributed by atoms with Crippen molar-refractivity contribution in [2.75, 3.05) is 23.3 Å². The summed E-state index contributed by atoms with van der Waals surface area (Å²) in [6, 6.07) is 7.28. The first-order valence-electron chi connectivity index (χ1n) is 7.44. The van der Waals surface area contributed by atoms with Crippen LogP contribution in [-0.2, 0) is 0 Å². The van der Waals surface area contributed by atoms with E-state index >= 15 is 0 Å². The predicted molar refractivity (Wildman–Crippen MR) is 94.6 cm³/mol. The summed E-state index contributed by atoms with van der Waals surface area (Å²) in [5, 5.41) is 4.19. The minimum Gasteiger partial charge on any atom is -0.356 e. The van der Waals surface area contributed by atoms with Crippen LogP contribution in [0.15, 0.2) is 30.5 Å². The van der Waals surface area contributed by atoms with Crippen molar-refractivity contribution in [1.82, 2.24) is 9.97 Å². The third-order valence-corrected chi connectivity index (χ3v) is 3.78. The fraction of sp³-hybridized carbons (Fsp3) is 0.375. The molecule has 0 atom stereocenters. The molecule has 0 aliphatic carbocycles. The molecule has 0 spiro atoms. The SMILES string of the molecule is CCCN(CCC)c1ccnc(Nc2c(Cl)cccc2Cl)n1. The van der Waals surface area contributed by atoms with Crippen LogP contribution in [0.4, 0.5) is 17.5 Å². The highest BCUT2D eigenvalue weighted by molar-refractivity contribution is 6.39. The molecule has 0 bridgehead atoms. The first-order valence-corrected chi connectivity index (χ1v) is 8.20. The Morgan fingerprint density at radius 2 is 1.68 bits per heavy atom. The summed E-state index contributed by atoms with van der Waals surface area (Å²) in [6.07, 6.45) is 3.89. The summed E-state index contributed by atoms with van der Waals surface area (Å²) < 4.78 is 0. The highest BCUT2D eigenvalue weighted by Gasteiger charge is 2.10. The number of nitrogens with one attached hydrogen (secondary N) is 1. The summed E-state index contributed by atoms with van der Waals surface area (Å²) >= 11 is 12.3. The lowest BCUT2D eigenvalue weighted by molar-refractivity contribution is 0.733. The Kier molecular flexibility index (Phi) is 6.28. The first kappa shape index (κ1) is 16.8. The molecule has 6 heteroatoms. The molecule has 1 aromatic heterocycles. The fourth-order valence-electron chi connectivity index (χ4n) is 2.20. The molecule has 0 unspecified atom stereocenters. The molecule has 0 aliphatic rings. The highest BCUT2D eigenvalue weighted by atomic mass is 35.5.